The van der Waals surface area contributed by atoms with Crippen LogP contribution in [-0.4, -0.2) is 18.9 Å². The summed E-state index contributed by atoms with van der Waals surface area (Å²) in [7, 11) is 1.69. The Morgan fingerprint density at radius 1 is 1.22 bits per heavy atom. The molecule has 18 heavy (non-hydrogen) atoms. The molecular weight excluding hydrogens is 242 g/mol. The molecule has 0 aliphatic heterocycles. The predicted molar refractivity (Wildman–Crippen MR) is 81.3 cm³/mol. The number of ether oxygens (including phenoxy) is 1. The number of hydrogen-bond donors (Lipinski definition) is 1. The number of hydrogen-bond acceptors (Lipinski definition) is 3. The van der Waals surface area contributed by atoms with E-state index in [1.165, 1.54) is 5.56 Å². The van der Waals surface area contributed by atoms with Gasteiger partial charge in [0.05, 0.1) is 7.11 Å². The summed E-state index contributed by atoms with van der Waals surface area (Å²) in [5.41, 5.74) is 7.56. The third kappa shape index (κ3) is 4.54. The van der Waals surface area contributed by atoms with Crippen LogP contribution in [0.15, 0.2) is 24.3 Å². The first-order valence-corrected chi connectivity index (χ1v) is 7.64. The Kier molecular flexibility index (Phi) is 6.58. The minimum Gasteiger partial charge on any atom is -0.497 e. The van der Waals surface area contributed by atoms with Gasteiger partial charge < -0.3 is 10.5 Å². The van der Waals surface area contributed by atoms with E-state index in [2.05, 4.69) is 32.9 Å². The van der Waals surface area contributed by atoms with E-state index < -0.39 is 0 Å². The van der Waals surface area contributed by atoms with Gasteiger partial charge in [0.1, 0.15) is 5.75 Å². The third-order valence-corrected chi connectivity index (χ3v) is 4.75. The number of thioether (sulfide) groups is 1. The van der Waals surface area contributed by atoms with E-state index in [9.17, 15) is 0 Å². The molecule has 0 saturated carbocycles. The van der Waals surface area contributed by atoms with Crippen molar-refractivity contribution in [3.05, 3.63) is 29.8 Å². The smallest absolute Gasteiger partial charge is 0.118 e. The van der Waals surface area contributed by atoms with Gasteiger partial charge in [-0.15, -0.1) is 0 Å². The molecule has 1 rings (SSSR count). The molecule has 102 valence electrons. The van der Waals surface area contributed by atoms with Gasteiger partial charge in [-0.2, -0.15) is 11.8 Å². The molecule has 1 aromatic carbocycles. The first kappa shape index (κ1) is 15.4. The minimum atomic E-state index is 0.210. The summed E-state index contributed by atoms with van der Waals surface area (Å²) in [6.45, 7) is 6.64. The van der Waals surface area contributed by atoms with Gasteiger partial charge >= 0.3 is 0 Å². The molecule has 0 fully saturated rings. The van der Waals surface area contributed by atoms with Crippen molar-refractivity contribution in [1.29, 1.82) is 0 Å². The van der Waals surface area contributed by atoms with Crippen LogP contribution in [0.1, 0.15) is 38.0 Å². The molecule has 0 aliphatic rings. The molecule has 0 saturated heterocycles. The van der Waals surface area contributed by atoms with Crippen LogP contribution >= 0.6 is 11.8 Å². The lowest BCUT2D eigenvalue weighted by Gasteiger charge is -2.24. The lowest BCUT2D eigenvalue weighted by Crippen LogP contribution is -2.26. The lowest BCUT2D eigenvalue weighted by molar-refractivity contribution is 0.414. The van der Waals surface area contributed by atoms with Crippen LogP contribution in [0.3, 0.4) is 0 Å². The lowest BCUT2D eigenvalue weighted by atomic mass is 10.0. The van der Waals surface area contributed by atoms with Gasteiger partial charge in [-0.3, -0.25) is 0 Å². The third-order valence-electron chi connectivity index (χ3n) is 2.91. The summed E-state index contributed by atoms with van der Waals surface area (Å²) in [4.78, 5) is 0. The number of nitrogens with two attached hydrogens (primary N) is 1. The highest BCUT2D eigenvalue weighted by Crippen LogP contribution is 2.34. The van der Waals surface area contributed by atoms with Crippen LogP contribution in [0.25, 0.3) is 0 Å². The number of benzene rings is 1. The van der Waals surface area contributed by atoms with Crippen molar-refractivity contribution in [3.8, 4) is 5.75 Å². The maximum Gasteiger partial charge on any atom is 0.118 e. The molecule has 2 unspecified atom stereocenters. The van der Waals surface area contributed by atoms with Gasteiger partial charge in [-0.25, -0.2) is 0 Å². The highest BCUT2D eigenvalue weighted by atomic mass is 32.2. The average Bonchev–Trinajstić information content (AvgIpc) is 2.39. The van der Waals surface area contributed by atoms with Crippen molar-refractivity contribution < 1.29 is 4.74 Å². The second-order valence-corrected chi connectivity index (χ2v) is 6.17. The Balaban J connectivity index is 2.79. The molecule has 0 spiro atoms. The summed E-state index contributed by atoms with van der Waals surface area (Å²) in [6, 6.07) is 8.50. The molecule has 1 aromatic rings. The molecule has 0 aromatic heterocycles. The summed E-state index contributed by atoms with van der Waals surface area (Å²) >= 11 is 1.96. The molecule has 0 bridgehead atoms. The summed E-state index contributed by atoms with van der Waals surface area (Å²) in [5.74, 6) is 2.74. The second-order valence-electron chi connectivity index (χ2n) is 4.99. The Morgan fingerprint density at radius 2 is 1.83 bits per heavy atom. The van der Waals surface area contributed by atoms with Crippen molar-refractivity contribution in [2.24, 2.45) is 11.7 Å². The molecular formula is C15H25NOS. The fourth-order valence-corrected chi connectivity index (χ4v) is 3.15. The Bertz CT molecular complexity index is 337. The van der Waals surface area contributed by atoms with Crippen LogP contribution < -0.4 is 10.5 Å². The maximum absolute atomic E-state index is 6.25. The molecule has 0 amide bonds. The highest BCUT2D eigenvalue weighted by Gasteiger charge is 2.19. The zero-order chi connectivity index (χ0) is 13.5. The molecule has 0 aliphatic carbocycles. The van der Waals surface area contributed by atoms with Crippen molar-refractivity contribution in [2.75, 3.05) is 12.9 Å². The van der Waals surface area contributed by atoms with Gasteiger partial charge in [0.2, 0.25) is 0 Å². The van der Waals surface area contributed by atoms with E-state index in [1.54, 1.807) is 7.11 Å². The van der Waals surface area contributed by atoms with Crippen molar-refractivity contribution in [2.45, 2.75) is 38.5 Å². The molecule has 3 heteroatoms. The second kappa shape index (κ2) is 7.70. The molecule has 0 radical (unpaired) electrons. The fourth-order valence-electron chi connectivity index (χ4n) is 1.77. The van der Waals surface area contributed by atoms with Gasteiger partial charge in [0.15, 0.2) is 0 Å². The summed E-state index contributed by atoms with van der Waals surface area (Å²) < 4.78 is 5.20. The minimum absolute atomic E-state index is 0.210. The highest BCUT2D eigenvalue weighted by molar-refractivity contribution is 7.99. The standard InChI is InChI=1S/C15H25NOS/c1-5-14(16)15(18-10-11(2)3)12-6-8-13(17-4)9-7-12/h6-9,11,14-15H,5,10,16H2,1-4H3. The molecule has 0 heterocycles. The average molecular weight is 267 g/mol. The van der Waals surface area contributed by atoms with Gasteiger partial charge in [0, 0.05) is 11.3 Å². The van der Waals surface area contributed by atoms with Crippen molar-refractivity contribution >= 4 is 11.8 Å². The Labute approximate surface area is 115 Å². The summed E-state index contributed by atoms with van der Waals surface area (Å²) in [6.07, 6.45) is 1.00. The predicted octanol–water partition coefficient (Wildman–Crippen LogP) is 3.86. The van der Waals surface area contributed by atoms with Gasteiger partial charge in [-0.1, -0.05) is 32.9 Å². The largest absolute Gasteiger partial charge is 0.497 e. The fraction of sp³-hybridized carbons (Fsp3) is 0.600. The Hall–Kier alpha value is -0.670. The molecule has 2 nitrogen and oxygen atoms in total. The first-order valence-electron chi connectivity index (χ1n) is 6.59. The van der Waals surface area contributed by atoms with Gasteiger partial charge in [0.25, 0.3) is 0 Å². The van der Waals surface area contributed by atoms with Crippen molar-refractivity contribution in [1.82, 2.24) is 0 Å². The van der Waals surface area contributed by atoms with Crippen LogP contribution in [0.2, 0.25) is 0 Å². The van der Waals surface area contributed by atoms with Crippen LogP contribution in [-0.2, 0) is 0 Å². The quantitative estimate of drug-likeness (QED) is 0.814. The van der Waals surface area contributed by atoms with E-state index in [1.807, 2.05) is 23.9 Å². The van der Waals surface area contributed by atoms with Crippen molar-refractivity contribution in [3.63, 3.8) is 0 Å². The SMILES string of the molecule is CCC(N)C(SCC(C)C)c1ccc(OC)cc1. The van der Waals surface area contributed by atoms with Crippen LogP contribution in [0.5, 0.6) is 5.75 Å². The number of rotatable bonds is 7. The van der Waals surface area contributed by atoms with E-state index in [0.717, 1.165) is 17.9 Å². The topological polar surface area (TPSA) is 35.2 Å². The maximum atomic E-state index is 6.25. The van der Waals surface area contributed by atoms with E-state index in [-0.39, 0.29) is 6.04 Å². The molecule has 2 atom stereocenters. The Morgan fingerprint density at radius 3 is 2.28 bits per heavy atom. The normalized spacial score (nSPS) is 14.6. The zero-order valence-electron chi connectivity index (χ0n) is 11.8. The number of methoxy groups -OCH3 is 1. The van der Waals surface area contributed by atoms with E-state index >= 15 is 0 Å². The van der Waals surface area contributed by atoms with E-state index in [4.69, 9.17) is 10.5 Å². The van der Waals surface area contributed by atoms with Crippen LogP contribution in [0, 0.1) is 5.92 Å². The molecule has 2 N–H and O–H groups in total. The zero-order valence-corrected chi connectivity index (χ0v) is 12.7. The summed E-state index contributed by atoms with van der Waals surface area (Å²) in [5, 5.41) is 0.378. The van der Waals surface area contributed by atoms with Gasteiger partial charge in [-0.05, 0) is 35.8 Å². The first-order chi connectivity index (χ1) is 8.58. The monoisotopic (exact) mass is 267 g/mol. The van der Waals surface area contributed by atoms with E-state index in [0.29, 0.717) is 11.2 Å². The van der Waals surface area contributed by atoms with Crippen LogP contribution in [0.4, 0.5) is 0 Å².